The summed E-state index contributed by atoms with van der Waals surface area (Å²) in [4.78, 5) is 0. The first kappa shape index (κ1) is 12.0. The molecule has 2 heteroatoms. The Morgan fingerprint density at radius 3 is 2.47 bits per heavy atom. The molecule has 3 rings (SSSR count). The smallest absolute Gasteiger partial charge is 0.0662 e. The summed E-state index contributed by atoms with van der Waals surface area (Å²) in [5.41, 5.74) is -0.438. The Morgan fingerprint density at radius 2 is 1.76 bits per heavy atom. The van der Waals surface area contributed by atoms with Crippen molar-refractivity contribution in [1.82, 2.24) is 0 Å². The van der Waals surface area contributed by atoms with E-state index in [9.17, 15) is 5.11 Å². The maximum absolute atomic E-state index is 10.6. The molecule has 2 aliphatic carbocycles. The average Bonchev–Trinajstić information content (AvgIpc) is 2.48. The van der Waals surface area contributed by atoms with Gasteiger partial charge in [-0.15, -0.1) is 0 Å². The highest BCUT2D eigenvalue weighted by molar-refractivity contribution is 5.09. The Balaban J connectivity index is 1.98. The van der Waals surface area contributed by atoms with Crippen molar-refractivity contribution in [1.29, 1.82) is 0 Å². The fourth-order valence-corrected chi connectivity index (χ4v) is 4.91. The molecule has 3 fully saturated rings. The Hall–Kier alpha value is -0.0800. The first-order valence-electron chi connectivity index (χ1n) is 7.23. The fourth-order valence-electron chi connectivity index (χ4n) is 4.91. The van der Waals surface area contributed by atoms with Crippen molar-refractivity contribution in [2.24, 2.45) is 23.7 Å². The third-order valence-corrected chi connectivity index (χ3v) is 5.90. The van der Waals surface area contributed by atoms with Crippen LogP contribution in [-0.4, -0.2) is 22.4 Å². The zero-order valence-electron chi connectivity index (χ0n) is 11.6. The normalized spacial score (nSPS) is 56.6. The summed E-state index contributed by atoms with van der Waals surface area (Å²) in [6.45, 7) is 8.87. The van der Waals surface area contributed by atoms with Crippen molar-refractivity contribution < 1.29 is 9.84 Å². The summed E-state index contributed by atoms with van der Waals surface area (Å²) in [7, 11) is 0. The monoisotopic (exact) mass is 238 g/mol. The van der Waals surface area contributed by atoms with Gasteiger partial charge < -0.3 is 9.84 Å². The Labute approximate surface area is 105 Å². The summed E-state index contributed by atoms with van der Waals surface area (Å²) in [5.74, 6) is 2.37. The van der Waals surface area contributed by atoms with E-state index in [2.05, 4.69) is 20.8 Å². The molecule has 2 unspecified atom stereocenters. The lowest BCUT2D eigenvalue weighted by atomic mass is 9.56. The van der Waals surface area contributed by atoms with Crippen LogP contribution in [0.3, 0.4) is 0 Å². The lowest BCUT2D eigenvalue weighted by Crippen LogP contribution is -2.52. The molecule has 0 aromatic heterocycles. The molecule has 0 radical (unpaired) electrons. The third-order valence-electron chi connectivity index (χ3n) is 5.90. The van der Waals surface area contributed by atoms with E-state index < -0.39 is 5.60 Å². The molecule has 17 heavy (non-hydrogen) atoms. The summed E-state index contributed by atoms with van der Waals surface area (Å²) >= 11 is 0. The topological polar surface area (TPSA) is 29.5 Å². The van der Waals surface area contributed by atoms with Crippen LogP contribution in [-0.2, 0) is 4.74 Å². The van der Waals surface area contributed by atoms with Gasteiger partial charge in [-0.05, 0) is 70.1 Å². The van der Waals surface area contributed by atoms with Crippen molar-refractivity contribution in [2.75, 3.05) is 0 Å². The number of hydrogen-bond donors (Lipinski definition) is 1. The van der Waals surface area contributed by atoms with Gasteiger partial charge in [0.25, 0.3) is 0 Å². The molecular formula is C15H26O2. The van der Waals surface area contributed by atoms with E-state index in [4.69, 9.17) is 4.74 Å². The molecule has 6 atom stereocenters. The second-order valence-electron chi connectivity index (χ2n) is 7.43. The molecule has 1 saturated heterocycles. The molecular weight excluding hydrogens is 212 g/mol. The minimum atomic E-state index is -0.455. The van der Waals surface area contributed by atoms with Gasteiger partial charge in [0.1, 0.15) is 0 Å². The predicted octanol–water partition coefficient (Wildman–Crippen LogP) is 2.99. The van der Waals surface area contributed by atoms with Gasteiger partial charge in [-0.3, -0.25) is 0 Å². The zero-order valence-corrected chi connectivity index (χ0v) is 11.6. The molecule has 0 bridgehead atoms. The summed E-state index contributed by atoms with van der Waals surface area (Å²) < 4.78 is 6.36. The van der Waals surface area contributed by atoms with Gasteiger partial charge in [0.15, 0.2) is 0 Å². The minimum absolute atomic E-state index is 0.0166. The Morgan fingerprint density at radius 1 is 1.06 bits per heavy atom. The van der Waals surface area contributed by atoms with Crippen molar-refractivity contribution in [3.8, 4) is 0 Å². The molecule has 1 heterocycles. The van der Waals surface area contributed by atoms with Gasteiger partial charge in [0.05, 0.1) is 17.3 Å². The van der Waals surface area contributed by atoms with E-state index in [1.54, 1.807) is 0 Å². The van der Waals surface area contributed by atoms with Gasteiger partial charge >= 0.3 is 0 Å². The molecule has 2 saturated carbocycles. The van der Waals surface area contributed by atoms with Gasteiger partial charge in [-0.1, -0.05) is 6.92 Å². The van der Waals surface area contributed by atoms with E-state index >= 15 is 0 Å². The summed E-state index contributed by atoms with van der Waals surface area (Å²) in [6, 6.07) is 0. The van der Waals surface area contributed by atoms with Crippen LogP contribution in [0.15, 0.2) is 0 Å². The SMILES string of the molecule is C[C@H]1CCC2C3[C@@H](CC[C@@]2(C)O)C(C)(C)O[C@@H]31. The second kappa shape index (κ2) is 3.48. The van der Waals surface area contributed by atoms with Gasteiger partial charge in [0, 0.05) is 0 Å². The van der Waals surface area contributed by atoms with Crippen LogP contribution >= 0.6 is 0 Å². The fraction of sp³-hybridized carbons (Fsp3) is 1.00. The standard InChI is InChI=1S/C15H26O2/c1-9-5-6-11-12-10(7-8-15(11,4)16)14(2,3)17-13(9)12/h9-13,16H,5-8H2,1-4H3/t9-,10+,11?,12?,13+,15+/m0/s1. The van der Waals surface area contributed by atoms with Crippen LogP contribution < -0.4 is 0 Å². The summed E-state index contributed by atoms with van der Waals surface area (Å²) in [6.07, 6.45) is 4.87. The summed E-state index contributed by atoms with van der Waals surface area (Å²) in [5, 5.41) is 10.6. The van der Waals surface area contributed by atoms with Crippen LogP contribution in [0.5, 0.6) is 0 Å². The highest BCUT2D eigenvalue weighted by atomic mass is 16.5. The van der Waals surface area contributed by atoms with E-state index in [0.717, 1.165) is 12.8 Å². The maximum Gasteiger partial charge on any atom is 0.0662 e. The van der Waals surface area contributed by atoms with Crippen molar-refractivity contribution in [3.63, 3.8) is 0 Å². The number of hydrogen-bond acceptors (Lipinski definition) is 2. The molecule has 3 aliphatic rings. The van der Waals surface area contributed by atoms with Crippen LogP contribution in [0.4, 0.5) is 0 Å². The second-order valence-corrected chi connectivity index (χ2v) is 7.43. The maximum atomic E-state index is 10.6. The number of rotatable bonds is 0. The van der Waals surface area contributed by atoms with Gasteiger partial charge in [-0.25, -0.2) is 0 Å². The van der Waals surface area contributed by atoms with Crippen LogP contribution in [0, 0.1) is 23.7 Å². The molecule has 1 N–H and O–H groups in total. The Kier molecular flexibility index (Phi) is 2.45. The van der Waals surface area contributed by atoms with Crippen LogP contribution in [0.1, 0.15) is 53.4 Å². The van der Waals surface area contributed by atoms with E-state index in [0.29, 0.717) is 29.8 Å². The van der Waals surface area contributed by atoms with Gasteiger partial charge in [0.2, 0.25) is 0 Å². The zero-order chi connectivity index (χ0) is 12.4. The molecule has 0 amide bonds. The first-order valence-corrected chi connectivity index (χ1v) is 7.23. The van der Waals surface area contributed by atoms with Crippen molar-refractivity contribution >= 4 is 0 Å². The first-order chi connectivity index (χ1) is 7.83. The molecule has 0 aromatic carbocycles. The third kappa shape index (κ3) is 1.60. The largest absolute Gasteiger partial charge is 0.390 e. The lowest BCUT2D eigenvalue weighted by Gasteiger charge is -2.50. The van der Waals surface area contributed by atoms with E-state index in [1.807, 2.05) is 6.92 Å². The van der Waals surface area contributed by atoms with Crippen LogP contribution in [0.2, 0.25) is 0 Å². The molecule has 0 spiro atoms. The minimum Gasteiger partial charge on any atom is -0.390 e. The van der Waals surface area contributed by atoms with Crippen LogP contribution in [0.25, 0.3) is 0 Å². The van der Waals surface area contributed by atoms with Crippen molar-refractivity contribution in [2.45, 2.75) is 70.7 Å². The molecule has 98 valence electrons. The molecule has 1 aliphatic heterocycles. The predicted molar refractivity (Wildman–Crippen MR) is 67.7 cm³/mol. The highest BCUT2D eigenvalue weighted by Crippen LogP contribution is 2.58. The molecule has 0 aromatic rings. The average molecular weight is 238 g/mol. The number of aliphatic hydroxyl groups is 1. The highest BCUT2D eigenvalue weighted by Gasteiger charge is 2.60. The van der Waals surface area contributed by atoms with E-state index in [-0.39, 0.29) is 5.60 Å². The molecule has 2 nitrogen and oxygen atoms in total. The quantitative estimate of drug-likeness (QED) is 0.703. The van der Waals surface area contributed by atoms with E-state index in [1.165, 1.54) is 12.8 Å². The number of ether oxygens (including phenoxy) is 1. The Bertz CT molecular complexity index is 321. The van der Waals surface area contributed by atoms with Crippen molar-refractivity contribution in [3.05, 3.63) is 0 Å². The lowest BCUT2D eigenvalue weighted by molar-refractivity contribution is -0.111. The van der Waals surface area contributed by atoms with Gasteiger partial charge in [-0.2, -0.15) is 0 Å².